The molecule has 0 spiro atoms. The Morgan fingerprint density at radius 3 is 2.33 bits per heavy atom. The number of para-hydroxylation sites is 1. The molecule has 0 aliphatic heterocycles. The number of carbonyl (C=O) groups is 2. The highest BCUT2D eigenvalue weighted by atomic mass is 16.5. The Morgan fingerprint density at radius 1 is 1.07 bits per heavy atom. The molecular formula is C23H28N4O3. The summed E-state index contributed by atoms with van der Waals surface area (Å²) in [7, 11) is 1.66. The summed E-state index contributed by atoms with van der Waals surface area (Å²) in [5, 5.41) is 5.01. The molecule has 1 aromatic carbocycles. The Morgan fingerprint density at radius 2 is 1.73 bits per heavy atom. The number of hydrogen-bond acceptors (Lipinski definition) is 5. The van der Waals surface area contributed by atoms with Gasteiger partial charge in [-0.3, -0.25) is 4.79 Å². The van der Waals surface area contributed by atoms with E-state index in [0.717, 1.165) is 11.4 Å². The minimum Gasteiger partial charge on any atom is -0.449 e. The van der Waals surface area contributed by atoms with E-state index in [2.05, 4.69) is 5.10 Å². The zero-order valence-electron chi connectivity index (χ0n) is 18.3. The van der Waals surface area contributed by atoms with Gasteiger partial charge in [0.2, 0.25) is 0 Å². The highest BCUT2D eigenvalue weighted by molar-refractivity contribution is 6.04. The van der Waals surface area contributed by atoms with Crippen LogP contribution in [-0.4, -0.2) is 39.8 Å². The molecule has 7 heteroatoms. The zero-order chi connectivity index (χ0) is 22.0. The average Bonchev–Trinajstić information content (AvgIpc) is 3.16. The second-order valence-corrected chi connectivity index (χ2v) is 7.95. The molecule has 3 aromatic rings. The predicted octanol–water partition coefficient (Wildman–Crippen LogP) is 4.34. The van der Waals surface area contributed by atoms with Gasteiger partial charge in [0.1, 0.15) is 0 Å². The lowest BCUT2D eigenvalue weighted by Gasteiger charge is -2.21. The van der Waals surface area contributed by atoms with Gasteiger partial charge in [-0.25, -0.2) is 14.5 Å². The average molecular weight is 409 g/mol. The molecule has 2 heterocycles. The molecule has 0 radical (unpaired) electrons. The Kier molecular flexibility index (Phi) is 6.20. The number of esters is 1. The number of ether oxygens (including phenoxy) is 1. The SMILES string of the molecule is CC(C)c1cc(C(=O)O[C@H](C)C(=O)N(C)c2ccccc2)c2cnn(C(C)C)c2n1. The van der Waals surface area contributed by atoms with Gasteiger partial charge in [0.05, 0.1) is 17.1 Å². The Hall–Kier alpha value is -3.22. The highest BCUT2D eigenvalue weighted by Crippen LogP contribution is 2.25. The van der Waals surface area contributed by atoms with E-state index in [9.17, 15) is 9.59 Å². The quantitative estimate of drug-likeness (QED) is 0.567. The highest BCUT2D eigenvalue weighted by Gasteiger charge is 2.26. The molecule has 30 heavy (non-hydrogen) atoms. The number of benzene rings is 1. The second kappa shape index (κ2) is 8.65. The number of amides is 1. The molecule has 0 aliphatic carbocycles. The molecule has 0 fully saturated rings. The van der Waals surface area contributed by atoms with Crippen LogP contribution in [0.1, 0.15) is 62.6 Å². The lowest BCUT2D eigenvalue weighted by Crippen LogP contribution is -2.37. The summed E-state index contributed by atoms with van der Waals surface area (Å²) in [6.07, 6.45) is 0.694. The minimum absolute atomic E-state index is 0.0984. The fraction of sp³-hybridized carbons (Fsp3) is 0.391. The standard InChI is InChI=1S/C23H28N4O3/c1-14(2)20-12-18(19-13-24-27(15(3)4)21(19)25-20)23(29)30-16(5)22(28)26(6)17-10-8-7-9-11-17/h7-16H,1-6H3/t16-/m1/s1. The van der Waals surface area contributed by atoms with Gasteiger partial charge in [0, 0.05) is 24.5 Å². The first-order chi connectivity index (χ1) is 14.2. The van der Waals surface area contributed by atoms with Crippen molar-refractivity contribution in [3.63, 3.8) is 0 Å². The van der Waals surface area contributed by atoms with Crippen molar-refractivity contribution in [1.29, 1.82) is 0 Å². The van der Waals surface area contributed by atoms with Crippen molar-refractivity contribution in [3.8, 4) is 0 Å². The first-order valence-corrected chi connectivity index (χ1v) is 10.1. The lowest BCUT2D eigenvalue weighted by atomic mass is 10.1. The molecule has 1 amide bonds. The number of aromatic nitrogens is 3. The second-order valence-electron chi connectivity index (χ2n) is 7.95. The summed E-state index contributed by atoms with van der Waals surface area (Å²) in [6.45, 7) is 9.63. The smallest absolute Gasteiger partial charge is 0.339 e. The van der Waals surface area contributed by atoms with E-state index in [1.807, 2.05) is 58.0 Å². The molecule has 0 bridgehead atoms. The normalized spacial score (nSPS) is 12.4. The number of fused-ring (bicyclic) bond motifs is 1. The minimum atomic E-state index is -0.937. The molecule has 1 atom stereocenters. The first-order valence-electron chi connectivity index (χ1n) is 10.1. The van der Waals surface area contributed by atoms with Gasteiger partial charge in [0.15, 0.2) is 11.8 Å². The van der Waals surface area contributed by atoms with Crippen molar-refractivity contribution < 1.29 is 14.3 Å². The topological polar surface area (TPSA) is 77.3 Å². The van der Waals surface area contributed by atoms with Crippen molar-refractivity contribution in [1.82, 2.24) is 14.8 Å². The van der Waals surface area contributed by atoms with Crippen LogP contribution in [0.3, 0.4) is 0 Å². The van der Waals surface area contributed by atoms with E-state index in [-0.39, 0.29) is 17.9 Å². The molecule has 158 valence electrons. The molecule has 7 nitrogen and oxygen atoms in total. The predicted molar refractivity (Wildman–Crippen MR) is 117 cm³/mol. The summed E-state index contributed by atoms with van der Waals surface area (Å²) >= 11 is 0. The molecule has 0 saturated carbocycles. The van der Waals surface area contributed by atoms with Crippen LogP contribution in [0.25, 0.3) is 11.0 Å². The third-order valence-electron chi connectivity index (χ3n) is 4.99. The molecule has 0 aliphatic rings. The fourth-order valence-electron chi connectivity index (χ4n) is 3.21. The molecule has 0 unspecified atom stereocenters. The van der Waals surface area contributed by atoms with Gasteiger partial charge in [-0.15, -0.1) is 0 Å². The van der Waals surface area contributed by atoms with Crippen molar-refractivity contribution in [2.45, 2.75) is 52.7 Å². The van der Waals surface area contributed by atoms with Gasteiger partial charge in [-0.2, -0.15) is 5.10 Å². The molecule has 0 N–H and O–H groups in total. The van der Waals surface area contributed by atoms with E-state index in [1.54, 1.807) is 30.9 Å². The van der Waals surface area contributed by atoms with Crippen LogP contribution in [0, 0.1) is 0 Å². The van der Waals surface area contributed by atoms with Crippen LogP contribution in [-0.2, 0) is 9.53 Å². The van der Waals surface area contributed by atoms with Crippen LogP contribution in [0.15, 0.2) is 42.6 Å². The van der Waals surface area contributed by atoms with Gasteiger partial charge in [0.25, 0.3) is 5.91 Å². The number of nitrogens with zero attached hydrogens (tertiary/aromatic N) is 4. The Bertz CT molecular complexity index is 1060. The van der Waals surface area contributed by atoms with Crippen LogP contribution in [0.2, 0.25) is 0 Å². The van der Waals surface area contributed by atoms with Gasteiger partial charge < -0.3 is 9.64 Å². The third kappa shape index (κ3) is 4.20. The van der Waals surface area contributed by atoms with Crippen LogP contribution < -0.4 is 4.90 Å². The van der Waals surface area contributed by atoms with Crippen LogP contribution >= 0.6 is 0 Å². The monoisotopic (exact) mass is 408 g/mol. The Labute approximate surface area is 176 Å². The largest absolute Gasteiger partial charge is 0.449 e. The number of rotatable bonds is 6. The summed E-state index contributed by atoms with van der Waals surface area (Å²) < 4.78 is 7.35. The van der Waals surface area contributed by atoms with Crippen molar-refractivity contribution >= 4 is 28.6 Å². The van der Waals surface area contributed by atoms with E-state index in [4.69, 9.17) is 9.72 Å². The molecule has 2 aromatic heterocycles. The van der Waals surface area contributed by atoms with E-state index < -0.39 is 12.1 Å². The lowest BCUT2D eigenvalue weighted by molar-refractivity contribution is -0.126. The summed E-state index contributed by atoms with van der Waals surface area (Å²) in [6, 6.07) is 11.1. The van der Waals surface area contributed by atoms with Gasteiger partial charge >= 0.3 is 5.97 Å². The van der Waals surface area contributed by atoms with Crippen molar-refractivity contribution in [3.05, 3.63) is 53.9 Å². The summed E-state index contributed by atoms with van der Waals surface area (Å²) in [5.41, 5.74) is 2.52. The third-order valence-corrected chi connectivity index (χ3v) is 4.99. The zero-order valence-corrected chi connectivity index (χ0v) is 18.3. The maximum atomic E-state index is 13.0. The van der Waals surface area contributed by atoms with E-state index in [1.165, 1.54) is 4.90 Å². The number of likely N-dealkylation sites (N-methyl/N-ethyl adjacent to an activating group) is 1. The maximum Gasteiger partial charge on any atom is 0.339 e. The molecular weight excluding hydrogens is 380 g/mol. The van der Waals surface area contributed by atoms with E-state index >= 15 is 0 Å². The summed E-state index contributed by atoms with van der Waals surface area (Å²) in [4.78, 5) is 32.0. The Balaban J connectivity index is 1.90. The van der Waals surface area contributed by atoms with Crippen molar-refractivity contribution in [2.75, 3.05) is 11.9 Å². The van der Waals surface area contributed by atoms with Gasteiger partial charge in [-0.1, -0.05) is 32.0 Å². The number of carbonyl (C=O) groups excluding carboxylic acids is 2. The van der Waals surface area contributed by atoms with Crippen molar-refractivity contribution in [2.24, 2.45) is 0 Å². The fourth-order valence-corrected chi connectivity index (χ4v) is 3.21. The van der Waals surface area contributed by atoms with Gasteiger partial charge in [-0.05, 0) is 44.9 Å². The maximum absolute atomic E-state index is 13.0. The molecule has 0 saturated heterocycles. The first kappa shape index (κ1) is 21.5. The molecule has 3 rings (SSSR count). The van der Waals surface area contributed by atoms with E-state index in [0.29, 0.717) is 16.6 Å². The van der Waals surface area contributed by atoms with Crippen LogP contribution in [0.4, 0.5) is 5.69 Å². The summed E-state index contributed by atoms with van der Waals surface area (Å²) in [5.74, 6) is -0.739. The van der Waals surface area contributed by atoms with Crippen LogP contribution in [0.5, 0.6) is 0 Å². The number of hydrogen-bond donors (Lipinski definition) is 0. The number of anilines is 1. The number of pyridine rings is 1.